The Labute approximate surface area is 100 Å². The van der Waals surface area contributed by atoms with Crippen molar-refractivity contribution in [3.63, 3.8) is 0 Å². The van der Waals surface area contributed by atoms with E-state index in [0.29, 0.717) is 12.1 Å². The van der Waals surface area contributed by atoms with Crippen molar-refractivity contribution < 1.29 is 10.2 Å². The largest absolute Gasteiger partial charge is 0.508 e. The van der Waals surface area contributed by atoms with Crippen LogP contribution in [0.3, 0.4) is 0 Å². The molecule has 3 heteroatoms. The zero-order valence-electron chi connectivity index (χ0n) is 9.43. The minimum absolute atomic E-state index is 0.116. The Morgan fingerprint density at radius 1 is 1.00 bits per heavy atom. The fraction of sp³-hybridized carbons (Fsp3) is 0.143. The van der Waals surface area contributed by atoms with Gasteiger partial charge in [0.05, 0.1) is 6.61 Å². The van der Waals surface area contributed by atoms with Gasteiger partial charge in [0.15, 0.2) is 0 Å². The molecule has 0 bridgehead atoms. The van der Waals surface area contributed by atoms with E-state index >= 15 is 0 Å². The number of aromatic hydroxyl groups is 1. The summed E-state index contributed by atoms with van der Waals surface area (Å²) in [5.41, 5.74) is 2.55. The number of benzene rings is 2. The molecule has 0 saturated carbocycles. The smallest absolute Gasteiger partial charge is 0.123 e. The van der Waals surface area contributed by atoms with E-state index in [0.717, 1.165) is 5.69 Å². The Morgan fingerprint density at radius 2 is 1.76 bits per heavy atom. The molecule has 0 saturated heterocycles. The summed E-state index contributed by atoms with van der Waals surface area (Å²) in [4.78, 5) is 0. The number of phenols is 1. The predicted molar refractivity (Wildman–Crippen MR) is 67.8 cm³/mol. The van der Waals surface area contributed by atoms with Crippen LogP contribution in [0.25, 0.3) is 0 Å². The van der Waals surface area contributed by atoms with E-state index in [9.17, 15) is 5.11 Å². The SMILES string of the molecule is OCc1ccc(NCc2ccccc2)cc1O. The summed E-state index contributed by atoms with van der Waals surface area (Å²) >= 11 is 0. The van der Waals surface area contributed by atoms with Crippen molar-refractivity contribution in [3.05, 3.63) is 59.7 Å². The maximum atomic E-state index is 9.59. The summed E-state index contributed by atoms with van der Waals surface area (Å²) in [5.74, 6) is 0.116. The van der Waals surface area contributed by atoms with E-state index in [1.165, 1.54) is 5.56 Å². The van der Waals surface area contributed by atoms with Crippen molar-refractivity contribution in [2.75, 3.05) is 5.32 Å². The van der Waals surface area contributed by atoms with Gasteiger partial charge in [-0.3, -0.25) is 0 Å². The lowest BCUT2D eigenvalue weighted by Crippen LogP contribution is -1.99. The van der Waals surface area contributed by atoms with Gasteiger partial charge in [0.2, 0.25) is 0 Å². The zero-order chi connectivity index (χ0) is 12.1. The maximum Gasteiger partial charge on any atom is 0.123 e. The van der Waals surface area contributed by atoms with Crippen molar-refractivity contribution in [2.45, 2.75) is 13.2 Å². The Morgan fingerprint density at radius 3 is 2.41 bits per heavy atom. The summed E-state index contributed by atoms with van der Waals surface area (Å²) in [5, 5.41) is 21.7. The second-order valence-electron chi connectivity index (χ2n) is 3.84. The molecule has 0 amide bonds. The topological polar surface area (TPSA) is 52.5 Å². The average Bonchev–Trinajstić information content (AvgIpc) is 2.38. The van der Waals surface area contributed by atoms with Gasteiger partial charge in [0.1, 0.15) is 5.75 Å². The normalized spacial score (nSPS) is 10.2. The second kappa shape index (κ2) is 5.37. The van der Waals surface area contributed by atoms with Crippen molar-refractivity contribution in [1.82, 2.24) is 0 Å². The monoisotopic (exact) mass is 229 g/mol. The molecule has 0 heterocycles. The summed E-state index contributed by atoms with van der Waals surface area (Å²) in [6.07, 6.45) is 0. The van der Waals surface area contributed by atoms with Crippen LogP contribution in [0, 0.1) is 0 Å². The van der Waals surface area contributed by atoms with Crippen molar-refractivity contribution in [3.8, 4) is 5.75 Å². The summed E-state index contributed by atoms with van der Waals surface area (Å²) < 4.78 is 0. The molecule has 0 unspecified atom stereocenters. The van der Waals surface area contributed by atoms with Gasteiger partial charge in [0.25, 0.3) is 0 Å². The molecule has 3 N–H and O–H groups in total. The first-order valence-electron chi connectivity index (χ1n) is 5.50. The molecule has 88 valence electrons. The van der Waals surface area contributed by atoms with Gasteiger partial charge in [0, 0.05) is 23.9 Å². The minimum atomic E-state index is -0.148. The highest BCUT2D eigenvalue weighted by Gasteiger charge is 2.01. The maximum absolute atomic E-state index is 9.59. The minimum Gasteiger partial charge on any atom is -0.508 e. The number of aliphatic hydroxyl groups is 1. The first-order valence-corrected chi connectivity index (χ1v) is 5.50. The highest BCUT2D eigenvalue weighted by Crippen LogP contribution is 2.22. The predicted octanol–water partition coefficient (Wildman–Crippen LogP) is 2.50. The van der Waals surface area contributed by atoms with E-state index in [-0.39, 0.29) is 12.4 Å². The Bertz CT molecular complexity index is 483. The van der Waals surface area contributed by atoms with Gasteiger partial charge in [-0.05, 0) is 11.6 Å². The summed E-state index contributed by atoms with van der Waals surface area (Å²) in [7, 11) is 0. The standard InChI is InChI=1S/C14H15NO2/c16-10-12-6-7-13(8-14(12)17)15-9-11-4-2-1-3-5-11/h1-8,15-17H,9-10H2. The third kappa shape index (κ3) is 2.98. The van der Waals surface area contributed by atoms with Gasteiger partial charge in [-0.15, -0.1) is 0 Å². The highest BCUT2D eigenvalue weighted by molar-refractivity contribution is 5.51. The quantitative estimate of drug-likeness (QED) is 0.755. The molecule has 17 heavy (non-hydrogen) atoms. The molecular weight excluding hydrogens is 214 g/mol. The van der Waals surface area contributed by atoms with E-state index in [1.54, 1.807) is 12.1 Å². The van der Waals surface area contributed by atoms with Crippen LogP contribution in [0.5, 0.6) is 5.75 Å². The molecule has 0 aromatic heterocycles. The lowest BCUT2D eigenvalue weighted by Gasteiger charge is -2.08. The fourth-order valence-electron chi connectivity index (χ4n) is 1.61. The van der Waals surface area contributed by atoms with Crippen LogP contribution in [0.1, 0.15) is 11.1 Å². The fourth-order valence-corrected chi connectivity index (χ4v) is 1.61. The van der Waals surface area contributed by atoms with Crippen molar-refractivity contribution in [1.29, 1.82) is 0 Å². The molecule has 2 rings (SSSR count). The first-order chi connectivity index (χ1) is 8.29. The molecule has 2 aromatic rings. The van der Waals surface area contributed by atoms with Crippen LogP contribution in [0.2, 0.25) is 0 Å². The highest BCUT2D eigenvalue weighted by atomic mass is 16.3. The van der Waals surface area contributed by atoms with Gasteiger partial charge in [-0.25, -0.2) is 0 Å². The Kier molecular flexibility index (Phi) is 3.62. The van der Waals surface area contributed by atoms with Gasteiger partial charge >= 0.3 is 0 Å². The third-order valence-electron chi connectivity index (χ3n) is 2.60. The molecule has 0 fully saturated rings. The van der Waals surface area contributed by atoms with Gasteiger partial charge < -0.3 is 15.5 Å². The molecule has 0 atom stereocenters. The number of anilines is 1. The number of hydrogen-bond donors (Lipinski definition) is 3. The Hall–Kier alpha value is -2.00. The lowest BCUT2D eigenvalue weighted by molar-refractivity contribution is 0.275. The first kappa shape index (κ1) is 11.5. The van der Waals surface area contributed by atoms with Crippen LogP contribution < -0.4 is 5.32 Å². The van der Waals surface area contributed by atoms with Gasteiger partial charge in [-0.1, -0.05) is 36.4 Å². The molecule has 0 aliphatic carbocycles. The molecule has 0 radical (unpaired) electrons. The molecule has 0 aliphatic heterocycles. The Balaban J connectivity index is 2.02. The summed E-state index contributed by atoms with van der Waals surface area (Å²) in [6.45, 7) is 0.559. The van der Waals surface area contributed by atoms with E-state index < -0.39 is 0 Å². The van der Waals surface area contributed by atoms with E-state index in [2.05, 4.69) is 5.32 Å². The lowest BCUT2D eigenvalue weighted by atomic mass is 10.2. The van der Waals surface area contributed by atoms with Crippen LogP contribution in [0.15, 0.2) is 48.5 Å². The van der Waals surface area contributed by atoms with Crippen LogP contribution in [0.4, 0.5) is 5.69 Å². The molecule has 0 aliphatic rings. The molecule has 0 spiro atoms. The van der Waals surface area contributed by atoms with Crippen LogP contribution in [-0.2, 0) is 13.2 Å². The van der Waals surface area contributed by atoms with Crippen molar-refractivity contribution in [2.24, 2.45) is 0 Å². The van der Waals surface area contributed by atoms with Crippen molar-refractivity contribution >= 4 is 5.69 Å². The van der Waals surface area contributed by atoms with Crippen LogP contribution >= 0.6 is 0 Å². The summed E-state index contributed by atoms with van der Waals surface area (Å²) in [6, 6.07) is 15.2. The third-order valence-corrected chi connectivity index (χ3v) is 2.60. The van der Waals surface area contributed by atoms with Crippen LogP contribution in [-0.4, -0.2) is 10.2 Å². The second-order valence-corrected chi connectivity index (χ2v) is 3.84. The number of aliphatic hydroxyl groups excluding tert-OH is 1. The number of nitrogens with one attached hydrogen (secondary N) is 1. The average molecular weight is 229 g/mol. The van der Waals surface area contributed by atoms with E-state index in [1.807, 2.05) is 36.4 Å². The molecule has 3 nitrogen and oxygen atoms in total. The molecular formula is C14H15NO2. The number of rotatable bonds is 4. The zero-order valence-corrected chi connectivity index (χ0v) is 9.43. The van der Waals surface area contributed by atoms with E-state index in [4.69, 9.17) is 5.11 Å². The number of hydrogen-bond acceptors (Lipinski definition) is 3. The molecule has 2 aromatic carbocycles. The van der Waals surface area contributed by atoms with Gasteiger partial charge in [-0.2, -0.15) is 0 Å².